The number of allylic oxidation sites excluding steroid dienone is 4. The zero-order valence-electron chi connectivity index (χ0n) is 33.3. The molecule has 0 radical (unpaired) electrons. The third-order valence-electron chi connectivity index (χ3n) is 9.85. The second-order valence-corrected chi connectivity index (χ2v) is 14.8. The summed E-state index contributed by atoms with van der Waals surface area (Å²) in [4.78, 5) is 12.7. The SMILES string of the molecule is CCC/C=C\C/C=C\CCCCCCCCOCC(COC1OC(CO)C(O)C(O)C1O)OC(=O)CCCCCCCCCCCCCCCCC. The lowest BCUT2D eigenvalue weighted by Gasteiger charge is -2.39. The molecule has 1 fully saturated rings. The van der Waals surface area contributed by atoms with Crippen molar-refractivity contribution in [1.29, 1.82) is 0 Å². The normalized spacial score (nSPS) is 21.4. The predicted octanol–water partition coefficient (Wildman–Crippen LogP) is 9.03. The third kappa shape index (κ3) is 26.4. The fraction of sp³-hybridized carbons (Fsp3) is 0.884. The lowest BCUT2D eigenvalue weighted by atomic mass is 9.99. The second-order valence-electron chi connectivity index (χ2n) is 14.8. The van der Waals surface area contributed by atoms with E-state index in [0.717, 1.165) is 57.8 Å². The van der Waals surface area contributed by atoms with Crippen LogP contribution in [0.25, 0.3) is 0 Å². The van der Waals surface area contributed by atoms with Gasteiger partial charge in [0.1, 0.15) is 30.5 Å². The predicted molar refractivity (Wildman–Crippen MR) is 210 cm³/mol. The molecule has 4 N–H and O–H groups in total. The van der Waals surface area contributed by atoms with Crippen LogP contribution in [-0.4, -0.2) is 89.6 Å². The van der Waals surface area contributed by atoms with Crippen molar-refractivity contribution < 1.29 is 44.2 Å². The van der Waals surface area contributed by atoms with Gasteiger partial charge in [-0.05, 0) is 38.5 Å². The summed E-state index contributed by atoms with van der Waals surface area (Å²) in [7, 11) is 0. The molecule has 1 aliphatic rings. The summed E-state index contributed by atoms with van der Waals surface area (Å²) in [5.74, 6) is -0.316. The van der Waals surface area contributed by atoms with Gasteiger partial charge in [-0.3, -0.25) is 4.79 Å². The molecule has 0 saturated carbocycles. The van der Waals surface area contributed by atoms with Crippen LogP contribution in [0.2, 0.25) is 0 Å². The maximum atomic E-state index is 12.7. The summed E-state index contributed by atoms with van der Waals surface area (Å²) in [6.45, 7) is 4.48. The van der Waals surface area contributed by atoms with Crippen molar-refractivity contribution in [3.63, 3.8) is 0 Å². The number of ether oxygens (including phenoxy) is 4. The molecule has 52 heavy (non-hydrogen) atoms. The van der Waals surface area contributed by atoms with Crippen LogP contribution < -0.4 is 0 Å². The Morgan fingerprint density at radius 2 is 1.15 bits per heavy atom. The number of unbranched alkanes of at least 4 members (excludes halogenated alkanes) is 21. The van der Waals surface area contributed by atoms with Gasteiger partial charge in [0.25, 0.3) is 0 Å². The first-order valence-electron chi connectivity index (χ1n) is 21.4. The highest BCUT2D eigenvalue weighted by atomic mass is 16.7. The Kier molecular flexibility index (Phi) is 33.1. The average molecular weight is 741 g/mol. The summed E-state index contributed by atoms with van der Waals surface area (Å²) >= 11 is 0. The standard InChI is InChI=1S/C43H80O9/c1-3-5-7-9-11-13-15-17-19-20-22-24-26-28-30-32-39(45)51-37(36-50-43-42(48)41(47)40(46)38(34-44)52-43)35-49-33-31-29-27-25-23-21-18-16-14-12-10-8-6-4-2/h8,10,14,16,37-38,40-44,46-48H,3-7,9,11-13,15,17-36H2,1-2H3/b10-8-,16-14-. The zero-order chi connectivity index (χ0) is 37.9. The highest BCUT2D eigenvalue weighted by Crippen LogP contribution is 2.22. The summed E-state index contributed by atoms with van der Waals surface area (Å²) in [5.41, 5.74) is 0. The Morgan fingerprint density at radius 1 is 0.615 bits per heavy atom. The largest absolute Gasteiger partial charge is 0.457 e. The van der Waals surface area contributed by atoms with E-state index in [4.69, 9.17) is 18.9 Å². The summed E-state index contributed by atoms with van der Waals surface area (Å²) in [5, 5.41) is 40.0. The first kappa shape index (κ1) is 48.7. The van der Waals surface area contributed by atoms with Gasteiger partial charge in [0, 0.05) is 13.0 Å². The molecule has 1 heterocycles. The van der Waals surface area contributed by atoms with Gasteiger partial charge in [-0.2, -0.15) is 0 Å². The molecule has 9 heteroatoms. The fourth-order valence-electron chi connectivity index (χ4n) is 6.47. The van der Waals surface area contributed by atoms with E-state index in [1.54, 1.807) is 0 Å². The lowest BCUT2D eigenvalue weighted by Crippen LogP contribution is -2.59. The molecular weight excluding hydrogens is 660 g/mol. The fourth-order valence-corrected chi connectivity index (χ4v) is 6.47. The summed E-state index contributed by atoms with van der Waals surface area (Å²) in [6, 6.07) is 0. The number of carbonyl (C=O) groups excluding carboxylic acids is 1. The lowest BCUT2D eigenvalue weighted by molar-refractivity contribution is -0.305. The van der Waals surface area contributed by atoms with Crippen LogP contribution in [0.3, 0.4) is 0 Å². The highest BCUT2D eigenvalue weighted by Gasteiger charge is 2.44. The first-order valence-corrected chi connectivity index (χ1v) is 21.4. The van der Waals surface area contributed by atoms with Gasteiger partial charge in [0.2, 0.25) is 0 Å². The van der Waals surface area contributed by atoms with Gasteiger partial charge in [-0.15, -0.1) is 0 Å². The molecule has 6 atom stereocenters. The second kappa shape index (κ2) is 35.4. The molecule has 0 bridgehead atoms. The molecule has 6 unspecified atom stereocenters. The Hall–Kier alpha value is -1.33. The Labute approximate surface area is 317 Å². The number of hydrogen-bond donors (Lipinski definition) is 4. The molecule has 1 aliphatic heterocycles. The van der Waals surface area contributed by atoms with E-state index >= 15 is 0 Å². The number of carbonyl (C=O) groups is 1. The molecule has 1 rings (SSSR count). The topological polar surface area (TPSA) is 135 Å². The number of hydrogen-bond acceptors (Lipinski definition) is 9. The minimum absolute atomic E-state index is 0.114. The molecule has 0 spiro atoms. The molecule has 0 aromatic carbocycles. The van der Waals surface area contributed by atoms with Crippen LogP contribution in [0.5, 0.6) is 0 Å². The van der Waals surface area contributed by atoms with Crippen LogP contribution in [0, 0.1) is 0 Å². The van der Waals surface area contributed by atoms with E-state index in [2.05, 4.69) is 38.2 Å². The van der Waals surface area contributed by atoms with E-state index in [9.17, 15) is 25.2 Å². The Morgan fingerprint density at radius 3 is 1.73 bits per heavy atom. The van der Waals surface area contributed by atoms with Gasteiger partial charge in [0.15, 0.2) is 6.29 Å². The van der Waals surface area contributed by atoms with E-state index < -0.39 is 43.4 Å². The van der Waals surface area contributed by atoms with Crippen LogP contribution in [-0.2, 0) is 23.7 Å². The zero-order valence-corrected chi connectivity index (χ0v) is 33.3. The average Bonchev–Trinajstić information content (AvgIpc) is 3.14. The molecule has 306 valence electrons. The van der Waals surface area contributed by atoms with Crippen LogP contribution in [0.1, 0.15) is 181 Å². The number of aliphatic hydroxyl groups excluding tert-OH is 4. The van der Waals surface area contributed by atoms with Gasteiger partial charge >= 0.3 is 5.97 Å². The van der Waals surface area contributed by atoms with Crippen molar-refractivity contribution in [2.24, 2.45) is 0 Å². The van der Waals surface area contributed by atoms with E-state index in [1.807, 2.05) is 0 Å². The Bertz CT molecular complexity index is 848. The van der Waals surface area contributed by atoms with Gasteiger partial charge in [-0.1, -0.05) is 160 Å². The maximum absolute atomic E-state index is 12.7. The maximum Gasteiger partial charge on any atom is 0.306 e. The number of esters is 1. The van der Waals surface area contributed by atoms with Crippen molar-refractivity contribution in [2.45, 2.75) is 218 Å². The van der Waals surface area contributed by atoms with E-state index in [1.165, 1.54) is 103 Å². The molecular formula is C43H80O9. The smallest absolute Gasteiger partial charge is 0.306 e. The molecule has 0 aromatic heterocycles. The molecule has 1 saturated heterocycles. The van der Waals surface area contributed by atoms with Crippen molar-refractivity contribution in [2.75, 3.05) is 26.4 Å². The van der Waals surface area contributed by atoms with Crippen molar-refractivity contribution >= 4 is 5.97 Å². The quantitative estimate of drug-likeness (QED) is 0.0282. The number of rotatable bonds is 36. The highest BCUT2D eigenvalue weighted by molar-refractivity contribution is 5.69. The molecule has 0 amide bonds. The van der Waals surface area contributed by atoms with Crippen LogP contribution >= 0.6 is 0 Å². The third-order valence-corrected chi connectivity index (χ3v) is 9.85. The van der Waals surface area contributed by atoms with Crippen LogP contribution in [0.4, 0.5) is 0 Å². The van der Waals surface area contributed by atoms with Crippen molar-refractivity contribution in [1.82, 2.24) is 0 Å². The van der Waals surface area contributed by atoms with E-state index in [0.29, 0.717) is 13.0 Å². The van der Waals surface area contributed by atoms with Gasteiger partial charge in [0.05, 0.1) is 19.8 Å². The van der Waals surface area contributed by atoms with Gasteiger partial charge in [-0.25, -0.2) is 0 Å². The number of aliphatic hydroxyl groups is 4. The molecule has 9 nitrogen and oxygen atoms in total. The Balaban J connectivity index is 2.29. The monoisotopic (exact) mass is 741 g/mol. The van der Waals surface area contributed by atoms with Crippen LogP contribution in [0.15, 0.2) is 24.3 Å². The molecule has 0 aromatic rings. The first-order chi connectivity index (χ1) is 25.4. The van der Waals surface area contributed by atoms with E-state index in [-0.39, 0.29) is 19.2 Å². The minimum atomic E-state index is -1.53. The van der Waals surface area contributed by atoms with Crippen molar-refractivity contribution in [3.05, 3.63) is 24.3 Å². The summed E-state index contributed by atoms with van der Waals surface area (Å²) < 4.78 is 22.8. The summed E-state index contributed by atoms with van der Waals surface area (Å²) in [6.07, 6.45) is 32.0. The minimum Gasteiger partial charge on any atom is -0.457 e. The van der Waals surface area contributed by atoms with Crippen molar-refractivity contribution in [3.8, 4) is 0 Å². The molecule has 0 aliphatic carbocycles. The van der Waals surface area contributed by atoms with Gasteiger partial charge < -0.3 is 39.4 Å².